The molecule has 0 aromatic heterocycles. The molecular weight excluding hydrogens is 346 g/mol. The molecule has 0 unspecified atom stereocenters. The Morgan fingerprint density at radius 3 is 2.42 bits per heavy atom. The number of fused-ring (bicyclic) bond motifs is 1. The summed E-state index contributed by atoms with van der Waals surface area (Å²) in [5.74, 6) is 0.564. The van der Waals surface area contributed by atoms with Gasteiger partial charge in [0.1, 0.15) is 13.2 Å². The molecule has 0 radical (unpaired) electrons. The van der Waals surface area contributed by atoms with E-state index in [1.165, 1.54) is 6.07 Å². The van der Waals surface area contributed by atoms with E-state index in [9.17, 15) is 25.0 Å². The standard InChI is InChI=1S/C16H13N3O7/c20-16(17-11-2-4-14-15(8-11)26-6-5-25-14)7-10-1-3-12(18(21)22)9-13(10)19(23)24/h1-4,8-9H,5-7H2,(H,17,20). The highest BCUT2D eigenvalue weighted by Gasteiger charge is 2.21. The molecule has 0 atom stereocenters. The SMILES string of the molecule is O=C(Cc1ccc([N+](=O)[O-])cc1[N+](=O)[O-])Nc1ccc2c(c1)OCCO2. The van der Waals surface area contributed by atoms with Crippen molar-refractivity contribution in [1.82, 2.24) is 0 Å². The van der Waals surface area contributed by atoms with Crippen LogP contribution in [0.1, 0.15) is 5.56 Å². The van der Waals surface area contributed by atoms with E-state index >= 15 is 0 Å². The van der Waals surface area contributed by atoms with Crippen LogP contribution in [-0.2, 0) is 11.2 Å². The Bertz CT molecular complexity index is 897. The van der Waals surface area contributed by atoms with Gasteiger partial charge >= 0.3 is 0 Å². The highest BCUT2D eigenvalue weighted by Crippen LogP contribution is 2.32. The number of benzene rings is 2. The van der Waals surface area contributed by atoms with Crippen LogP contribution in [0.25, 0.3) is 0 Å². The van der Waals surface area contributed by atoms with Crippen LogP contribution in [0.2, 0.25) is 0 Å². The number of hydrogen-bond acceptors (Lipinski definition) is 7. The summed E-state index contributed by atoms with van der Waals surface area (Å²) in [6.45, 7) is 0.849. The molecule has 3 rings (SSSR count). The van der Waals surface area contributed by atoms with Crippen LogP contribution in [0, 0.1) is 20.2 Å². The van der Waals surface area contributed by atoms with Crippen molar-refractivity contribution in [3.63, 3.8) is 0 Å². The van der Waals surface area contributed by atoms with Gasteiger partial charge in [0, 0.05) is 23.4 Å². The van der Waals surface area contributed by atoms with Crippen molar-refractivity contribution in [3.05, 3.63) is 62.2 Å². The van der Waals surface area contributed by atoms with Crippen LogP contribution in [-0.4, -0.2) is 29.0 Å². The van der Waals surface area contributed by atoms with Crippen molar-refractivity contribution in [1.29, 1.82) is 0 Å². The van der Waals surface area contributed by atoms with Crippen LogP contribution >= 0.6 is 0 Å². The lowest BCUT2D eigenvalue weighted by atomic mass is 10.1. The Labute approximate surface area is 146 Å². The molecular formula is C16H13N3O7. The minimum Gasteiger partial charge on any atom is -0.486 e. The molecule has 0 saturated carbocycles. The Hall–Kier alpha value is -3.69. The van der Waals surface area contributed by atoms with E-state index in [4.69, 9.17) is 9.47 Å². The average molecular weight is 359 g/mol. The minimum absolute atomic E-state index is 0.0793. The summed E-state index contributed by atoms with van der Waals surface area (Å²) in [5, 5.41) is 24.5. The van der Waals surface area contributed by atoms with E-state index in [0.717, 1.165) is 12.1 Å². The molecule has 2 aromatic rings. The van der Waals surface area contributed by atoms with Crippen LogP contribution in [0.3, 0.4) is 0 Å². The fourth-order valence-electron chi connectivity index (χ4n) is 2.48. The van der Waals surface area contributed by atoms with Crippen LogP contribution in [0.5, 0.6) is 11.5 Å². The second kappa shape index (κ2) is 7.05. The second-order valence-corrected chi connectivity index (χ2v) is 5.41. The summed E-state index contributed by atoms with van der Waals surface area (Å²) in [4.78, 5) is 32.6. The molecule has 1 aliphatic heterocycles. The largest absolute Gasteiger partial charge is 0.486 e. The van der Waals surface area contributed by atoms with Gasteiger partial charge in [0.25, 0.3) is 11.4 Å². The van der Waals surface area contributed by atoms with Gasteiger partial charge in [-0.05, 0) is 18.2 Å². The normalized spacial score (nSPS) is 12.3. The van der Waals surface area contributed by atoms with Crippen molar-refractivity contribution in [2.75, 3.05) is 18.5 Å². The molecule has 1 amide bonds. The van der Waals surface area contributed by atoms with Gasteiger partial charge in [0.15, 0.2) is 11.5 Å². The zero-order valence-electron chi connectivity index (χ0n) is 13.3. The van der Waals surface area contributed by atoms with Crippen molar-refractivity contribution < 1.29 is 24.1 Å². The Morgan fingerprint density at radius 1 is 1.00 bits per heavy atom. The van der Waals surface area contributed by atoms with Crippen LogP contribution in [0.4, 0.5) is 17.1 Å². The van der Waals surface area contributed by atoms with E-state index in [1.807, 2.05) is 0 Å². The van der Waals surface area contributed by atoms with Crippen molar-refractivity contribution in [2.45, 2.75) is 6.42 Å². The first-order valence-electron chi connectivity index (χ1n) is 7.55. The summed E-state index contributed by atoms with van der Waals surface area (Å²) in [6.07, 6.45) is -0.303. The van der Waals surface area contributed by atoms with Gasteiger partial charge in [-0.15, -0.1) is 0 Å². The maximum Gasteiger partial charge on any atom is 0.279 e. The molecule has 10 heteroatoms. The first-order chi connectivity index (χ1) is 12.4. The van der Waals surface area contributed by atoms with E-state index in [0.29, 0.717) is 30.4 Å². The number of nitrogens with zero attached hydrogens (tertiary/aromatic N) is 2. The lowest BCUT2D eigenvalue weighted by Crippen LogP contribution is -2.17. The van der Waals surface area contributed by atoms with Gasteiger partial charge in [-0.1, -0.05) is 0 Å². The third-order valence-electron chi connectivity index (χ3n) is 3.65. The predicted molar refractivity (Wildman–Crippen MR) is 89.5 cm³/mol. The zero-order valence-corrected chi connectivity index (χ0v) is 13.3. The highest BCUT2D eigenvalue weighted by atomic mass is 16.6. The molecule has 0 saturated heterocycles. The molecule has 0 bridgehead atoms. The molecule has 0 aliphatic carbocycles. The zero-order chi connectivity index (χ0) is 18.7. The molecule has 0 spiro atoms. The lowest BCUT2D eigenvalue weighted by Gasteiger charge is -2.19. The third-order valence-corrected chi connectivity index (χ3v) is 3.65. The maximum absolute atomic E-state index is 12.2. The van der Waals surface area contributed by atoms with Gasteiger partial charge in [-0.3, -0.25) is 25.0 Å². The monoisotopic (exact) mass is 359 g/mol. The Balaban J connectivity index is 1.76. The molecule has 10 nitrogen and oxygen atoms in total. The Morgan fingerprint density at radius 2 is 1.73 bits per heavy atom. The van der Waals surface area contributed by atoms with E-state index in [2.05, 4.69) is 5.32 Å². The summed E-state index contributed by atoms with van der Waals surface area (Å²) in [6, 6.07) is 8.04. The summed E-state index contributed by atoms with van der Waals surface area (Å²) >= 11 is 0. The average Bonchev–Trinajstić information content (AvgIpc) is 2.61. The number of anilines is 1. The van der Waals surface area contributed by atoms with E-state index in [1.54, 1.807) is 18.2 Å². The number of non-ortho nitro benzene ring substituents is 1. The first kappa shape index (κ1) is 17.1. The molecule has 0 fully saturated rings. The lowest BCUT2D eigenvalue weighted by molar-refractivity contribution is -0.394. The summed E-state index contributed by atoms with van der Waals surface area (Å²) in [7, 11) is 0. The number of carbonyl (C=O) groups excluding carboxylic acids is 1. The maximum atomic E-state index is 12.2. The fourth-order valence-corrected chi connectivity index (χ4v) is 2.48. The van der Waals surface area contributed by atoms with Gasteiger partial charge < -0.3 is 14.8 Å². The predicted octanol–water partition coefficient (Wildman–Crippen LogP) is 2.46. The number of nitrogens with one attached hydrogen (secondary N) is 1. The van der Waals surface area contributed by atoms with E-state index in [-0.39, 0.29) is 12.0 Å². The van der Waals surface area contributed by atoms with Gasteiger partial charge in [0.2, 0.25) is 5.91 Å². The molecule has 2 aromatic carbocycles. The molecule has 1 heterocycles. The third kappa shape index (κ3) is 3.69. The summed E-state index contributed by atoms with van der Waals surface area (Å²) < 4.78 is 10.8. The molecule has 1 N–H and O–H groups in total. The van der Waals surface area contributed by atoms with Gasteiger partial charge in [0.05, 0.1) is 22.3 Å². The smallest absolute Gasteiger partial charge is 0.279 e. The van der Waals surface area contributed by atoms with Crippen molar-refractivity contribution >= 4 is 23.0 Å². The number of rotatable bonds is 5. The summed E-state index contributed by atoms with van der Waals surface area (Å²) in [5.41, 5.74) is -0.358. The second-order valence-electron chi connectivity index (χ2n) is 5.41. The molecule has 26 heavy (non-hydrogen) atoms. The van der Waals surface area contributed by atoms with Gasteiger partial charge in [-0.2, -0.15) is 0 Å². The van der Waals surface area contributed by atoms with Crippen molar-refractivity contribution in [2.24, 2.45) is 0 Å². The quantitative estimate of drug-likeness (QED) is 0.640. The van der Waals surface area contributed by atoms with Gasteiger partial charge in [-0.25, -0.2) is 0 Å². The van der Waals surface area contributed by atoms with E-state index < -0.39 is 27.1 Å². The topological polar surface area (TPSA) is 134 Å². The van der Waals surface area contributed by atoms with Crippen molar-refractivity contribution in [3.8, 4) is 11.5 Å². The number of ether oxygens (including phenoxy) is 2. The molecule has 134 valence electrons. The first-order valence-corrected chi connectivity index (χ1v) is 7.55. The van der Waals surface area contributed by atoms with Crippen LogP contribution in [0.15, 0.2) is 36.4 Å². The van der Waals surface area contributed by atoms with Crippen LogP contribution < -0.4 is 14.8 Å². The number of hydrogen-bond donors (Lipinski definition) is 1. The highest BCUT2D eigenvalue weighted by molar-refractivity contribution is 5.93. The molecule has 1 aliphatic rings. The minimum atomic E-state index is -0.750. The fraction of sp³-hybridized carbons (Fsp3) is 0.188. The number of nitro groups is 2. The number of carbonyl (C=O) groups is 1. The Kier molecular flexibility index (Phi) is 4.65. The number of nitro benzene ring substituents is 2. The number of amides is 1.